The number of aromatic amines is 1. The number of rotatable bonds is 10. The number of H-pyrrole nitrogens is 1. The third-order valence-electron chi connectivity index (χ3n) is 5.41. The molecule has 0 radical (unpaired) electrons. The second-order valence-electron chi connectivity index (χ2n) is 8.16. The third kappa shape index (κ3) is 6.96. The molecule has 11 heteroatoms. The van der Waals surface area contributed by atoms with Gasteiger partial charge in [0.15, 0.2) is 6.61 Å². The van der Waals surface area contributed by atoms with Crippen molar-refractivity contribution in [3.63, 3.8) is 0 Å². The van der Waals surface area contributed by atoms with Crippen LogP contribution in [-0.4, -0.2) is 41.3 Å². The smallest absolute Gasteiger partial charge is 0.338 e. The fraction of sp³-hybridized carbons (Fsp3) is 0.103. The molecule has 11 nitrogen and oxygen atoms in total. The lowest BCUT2D eigenvalue weighted by molar-refractivity contribution is -0.118. The summed E-state index contributed by atoms with van der Waals surface area (Å²) in [6.07, 6.45) is 1.45. The van der Waals surface area contributed by atoms with Gasteiger partial charge in [-0.25, -0.2) is 15.2 Å². The molecule has 0 bridgehead atoms. The molecule has 0 atom stereocenters. The Balaban J connectivity index is 1.39. The van der Waals surface area contributed by atoms with Gasteiger partial charge in [-0.15, -0.1) is 0 Å². The standard InChI is InChI=1S/C29H24N6O5/c1-2-39-28(38)20-12-14-22(15-13-20)32-25(36)18-40-24-11-7-6-10-21(24)17-31-35-29-33-26(19-8-4-3-5-9-19)23(16-30)27(37)34-29/h3-15,17H,2,18H2,1H3,(H,32,36)(H2,33,34,35,37). The van der Waals surface area contributed by atoms with Crippen molar-refractivity contribution in [2.45, 2.75) is 6.92 Å². The molecule has 0 aliphatic heterocycles. The van der Waals surface area contributed by atoms with E-state index in [-0.39, 0.29) is 30.4 Å². The van der Waals surface area contributed by atoms with E-state index in [0.29, 0.717) is 28.1 Å². The number of carbonyl (C=O) groups is 2. The molecule has 1 amide bonds. The van der Waals surface area contributed by atoms with Gasteiger partial charge in [0, 0.05) is 16.8 Å². The van der Waals surface area contributed by atoms with Gasteiger partial charge in [-0.1, -0.05) is 42.5 Å². The van der Waals surface area contributed by atoms with Gasteiger partial charge >= 0.3 is 5.97 Å². The summed E-state index contributed by atoms with van der Waals surface area (Å²) in [5, 5.41) is 16.2. The lowest BCUT2D eigenvalue weighted by Crippen LogP contribution is -2.20. The first kappa shape index (κ1) is 27.3. The van der Waals surface area contributed by atoms with Crippen molar-refractivity contribution >= 4 is 29.7 Å². The van der Waals surface area contributed by atoms with Crippen LogP contribution in [0.4, 0.5) is 11.6 Å². The Morgan fingerprint density at radius 2 is 1.77 bits per heavy atom. The molecular weight excluding hydrogens is 512 g/mol. The highest BCUT2D eigenvalue weighted by Crippen LogP contribution is 2.20. The van der Waals surface area contributed by atoms with E-state index in [0.717, 1.165) is 0 Å². The van der Waals surface area contributed by atoms with Gasteiger partial charge in [0.2, 0.25) is 5.95 Å². The number of anilines is 2. The van der Waals surface area contributed by atoms with Crippen molar-refractivity contribution in [3.8, 4) is 23.1 Å². The van der Waals surface area contributed by atoms with E-state index < -0.39 is 17.4 Å². The predicted molar refractivity (Wildman–Crippen MR) is 149 cm³/mol. The lowest BCUT2D eigenvalue weighted by Gasteiger charge is -2.10. The summed E-state index contributed by atoms with van der Waals surface area (Å²) in [6.45, 7) is 1.73. The van der Waals surface area contributed by atoms with Crippen molar-refractivity contribution in [2.75, 3.05) is 24.0 Å². The summed E-state index contributed by atoms with van der Waals surface area (Å²) < 4.78 is 10.6. The molecule has 3 N–H and O–H groups in total. The summed E-state index contributed by atoms with van der Waals surface area (Å²) in [6, 6.07) is 24.0. The number of benzene rings is 3. The van der Waals surface area contributed by atoms with E-state index in [9.17, 15) is 19.6 Å². The SMILES string of the molecule is CCOC(=O)c1ccc(NC(=O)COc2ccccc2C=NNc2nc(-c3ccccc3)c(C#N)c(=O)[nH]2)cc1. The number of ether oxygens (including phenoxy) is 2. The molecule has 0 unspecified atom stereocenters. The molecule has 0 fully saturated rings. The van der Waals surface area contributed by atoms with Crippen molar-refractivity contribution in [3.05, 3.63) is 106 Å². The molecule has 4 rings (SSSR count). The minimum atomic E-state index is -0.598. The second-order valence-corrected chi connectivity index (χ2v) is 8.16. The largest absolute Gasteiger partial charge is 0.483 e. The van der Waals surface area contributed by atoms with E-state index >= 15 is 0 Å². The number of esters is 1. The van der Waals surface area contributed by atoms with Gasteiger partial charge in [0.25, 0.3) is 11.5 Å². The maximum Gasteiger partial charge on any atom is 0.338 e. The van der Waals surface area contributed by atoms with E-state index in [2.05, 4.69) is 25.8 Å². The van der Waals surface area contributed by atoms with Gasteiger partial charge in [-0.2, -0.15) is 10.4 Å². The van der Waals surface area contributed by atoms with Crippen LogP contribution in [-0.2, 0) is 9.53 Å². The molecule has 3 aromatic carbocycles. The molecule has 0 aliphatic rings. The molecule has 0 spiro atoms. The van der Waals surface area contributed by atoms with Crippen LogP contribution in [0.15, 0.2) is 88.8 Å². The monoisotopic (exact) mass is 536 g/mol. The molecule has 1 heterocycles. The normalized spacial score (nSPS) is 10.5. The van der Waals surface area contributed by atoms with Crippen molar-refractivity contribution in [1.82, 2.24) is 9.97 Å². The highest BCUT2D eigenvalue weighted by atomic mass is 16.5. The lowest BCUT2D eigenvalue weighted by atomic mass is 10.1. The van der Waals surface area contributed by atoms with E-state index in [1.54, 1.807) is 79.7 Å². The zero-order valence-corrected chi connectivity index (χ0v) is 21.4. The van der Waals surface area contributed by atoms with Gasteiger partial charge < -0.3 is 14.8 Å². The highest BCUT2D eigenvalue weighted by molar-refractivity contribution is 5.94. The number of hydrazone groups is 1. The summed E-state index contributed by atoms with van der Waals surface area (Å²) >= 11 is 0. The Hall–Kier alpha value is -5.76. The molecule has 4 aromatic rings. The Morgan fingerprint density at radius 1 is 1.05 bits per heavy atom. The van der Waals surface area contributed by atoms with Gasteiger partial charge in [-0.3, -0.25) is 14.6 Å². The zero-order valence-electron chi connectivity index (χ0n) is 21.4. The van der Waals surface area contributed by atoms with Crippen LogP contribution in [0.2, 0.25) is 0 Å². The minimum absolute atomic E-state index is 0.0471. The molecule has 1 aromatic heterocycles. The molecule has 200 valence electrons. The highest BCUT2D eigenvalue weighted by Gasteiger charge is 2.13. The first-order valence-corrected chi connectivity index (χ1v) is 12.2. The fourth-order valence-corrected chi connectivity index (χ4v) is 3.56. The maximum absolute atomic E-state index is 12.4. The molecule has 0 saturated heterocycles. The van der Waals surface area contributed by atoms with Gasteiger partial charge in [0.1, 0.15) is 17.4 Å². The number of nitrogens with one attached hydrogen (secondary N) is 3. The topological polar surface area (TPSA) is 159 Å². The average Bonchev–Trinajstić information content (AvgIpc) is 2.97. The van der Waals surface area contributed by atoms with Crippen LogP contribution in [0.3, 0.4) is 0 Å². The number of nitriles is 1. The first-order chi connectivity index (χ1) is 19.5. The fourth-order valence-electron chi connectivity index (χ4n) is 3.56. The number of hydrogen-bond donors (Lipinski definition) is 3. The zero-order chi connectivity index (χ0) is 28.3. The second kappa shape index (κ2) is 13.2. The maximum atomic E-state index is 12.4. The third-order valence-corrected chi connectivity index (χ3v) is 5.41. The summed E-state index contributed by atoms with van der Waals surface area (Å²) in [5.74, 6) is -0.394. The van der Waals surface area contributed by atoms with E-state index in [1.807, 2.05) is 12.1 Å². The Kier molecular flexibility index (Phi) is 8.97. The number of hydrogen-bond acceptors (Lipinski definition) is 9. The first-order valence-electron chi connectivity index (χ1n) is 12.2. The summed E-state index contributed by atoms with van der Waals surface area (Å²) in [7, 11) is 0. The molecule has 0 aliphatic carbocycles. The molecule has 0 saturated carbocycles. The number of carbonyl (C=O) groups excluding carboxylic acids is 2. The number of para-hydroxylation sites is 1. The predicted octanol–water partition coefficient (Wildman–Crippen LogP) is 3.95. The van der Waals surface area contributed by atoms with E-state index in [4.69, 9.17) is 9.47 Å². The summed E-state index contributed by atoms with van der Waals surface area (Å²) in [5.41, 5.74) is 4.25. The Labute approximate surface area is 229 Å². The van der Waals surface area contributed by atoms with Crippen LogP contribution in [0.25, 0.3) is 11.3 Å². The van der Waals surface area contributed by atoms with Crippen LogP contribution < -0.4 is 21.0 Å². The Bertz CT molecular complexity index is 1630. The van der Waals surface area contributed by atoms with Gasteiger partial charge in [0.05, 0.1) is 24.1 Å². The minimum Gasteiger partial charge on any atom is -0.483 e. The van der Waals surface area contributed by atoms with Crippen molar-refractivity contribution in [1.29, 1.82) is 5.26 Å². The van der Waals surface area contributed by atoms with E-state index in [1.165, 1.54) is 6.21 Å². The quantitative estimate of drug-likeness (QED) is 0.156. The van der Waals surface area contributed by atoms with Crippen LogP contribution in [0.1, 0.15) is 28.4 Å². The molecular formula is C29H24N6O5. The van der Waals surface area contributed by atoms with Crippen LogP contribution in [0, 0.1) is 11.3 Å². The van der Waals surface area contributed by atoms with Gasteiger partial charge in [-0.05, 0) is 43.3 Å². The number of amides is 1. The summed E-state index contributed by atoms with van der Waals surface area (Å²) in [4.78, 5) is 43.4. The molecule has 40 heavy (non-hydrogen) atoms. The van der Waals surface area contributed by atoms with Crippen molar-refractivity contribution in [2.24, 2.45) is 5.10 Å². The number of nitrogens with zero attached hydrogens (tertiary/aromatic N) is 3. The Morgan fingerprint density at radius 3 is 2.50 bits per heavy atom. The van der Waals surface area contributed by atoms with Crippen LogP contribution >= 0.6 is 0 Å². The van der Waals surface area contributed by atoms with Crippen LogP contribution in [0.5, 0.6) is 5.75 Å². The number of aromatic nitrogens is 2. The van der Waals surface area contributed by atoms with Crippen molar-refractivity contribution < 1.29 is 19.1 Å². The average molecular weight is 537 g/mol.